The summed E-state index contributed by atoms with van der Waals surface area (Å²) in [6, 6.07) is 44.6. The van der Waals surface area contributed by atoms with E-state index < -0.39 is 0 Å². The lowest BCUT2D eigenvalue weighted by Crippen LogP contribution is -1.87. The summed E-state index contributed by atoms with van der Waals surface area (Å²) in [5.74, 6) is 0. The number of nitrogens with zero attached hydrogens (tertiary/aromatic N) is 1. The van der Waals surface area contributed by atoms with Gasteiger partial charge in [-0.3, -0.25) is 4.98 Å². The lowest BCUT2D eigenvalue weighted by Gasteiger charge is -2.11. The van der Waals surface area contributed by atoms with Crippen LogP contribution in [0.2, 0.25) is 0 Å². The van der Waals surface area contributed by atoms with Gasteiger partial charge >= 0.3 is 0 Å². The minimum atomic E-state index is 0.906. The van der Waals surface area contributed by atoms with Gasteiger partial charge in [-0.05, 0) is 52.1 Å². The SMILES string of the molecule is c1ccc(-c2cc(-c3cccnc3)cc(-c3cccc4c3oc3c(-c5ccccc5)cccc34)c2)cc1. The fraction of sp³-hybridized carbons (Fsp3) is 0. The van der Waals surface area contributed by atoms with E-state index >= 15 is 0 Å². The van der Waals surface area contributed by atoms with Crippen LogP contribution in [-0.2, 0) is 0 Å². The van der Waals surface area contributed by atoms with Crippen molar-refractivity contribution in [1.29, 1.82) is 0 Å². The second-order valence-electron chi connectivity index (χ2n) is 9.24. The van der Waals surface area contributed by atoms with Crippen molar-refractivity contribution in [3.63, 3.8) is 0 Å². The molecule has 0 atom stereocenters. The van der Waals surface area contributed by atoms with Crippen LogP contribution < -0.4 is 0 Å². The van der Waals surface area contributed by atoms with Crippen LogP contribution in [0, 0.1) is 0 Å². The molecule has 5 aromatic carbocycles. The van der Waals surface area contributed by atoms with Crippen molar-refractivity contribution in [3.05, 3.63) is 140 Å². The molecule has 0 amide bonds. The summed E-state index contributed by atoms with van der Waals surface area (Å²) in [6.07, 6.45) is 3.73. The highest BCUT2D eigenvalue weighted by molar-refractivity contribution is 6.13. The van der Waals surface area contributed by atoms with Gasteiger partial charge in [0.15, 0.2) is 0 Å². The molecule has 2 heterocycles. The maximum absolute atomic E-state index is 6.70. The Hall–Kier alpha value is -4.95. The Balaban J connectivity index is 1.49. The molecule has 2 heteroatoms. The number of rotatable bonds is 4. The predicted molar refractivity (Wildman–Crippen MR) is 153 cm³/mol. The Morgan fingerprint density at radius 3 is 1.57 bits per heavy atom. The number of furan rings is 1. The minimum absolute atomic E-state index is 0.906. The first kappa shape index (κ1) is 21.3. The Morgan fingerprint density at radius 1 is 0.405 bits per heavy atom. The lowest BCUT2D eigenvalue weighted by atomic mass is 9.93. The topological polar surface area (TPSA) is 26.0 Å². The van der Waals surface area contributed by atoms with E-state index in [1.165, 1.54) is 5.56 Å². The van der Waals surface area contributed by atoms with E-state index in [0.29, 0.717) is 0 Å². The zero-order valence-electron chi connectivity index (χ0n) is 20.1. The number of hydrogen-bond acceptors (Lipinski definition) is 2. The molecule has 0 bridgehead atoms. The first-order chi connectivity index (χ1) is 18.3. The molecule has 0 N–H and O–H groups in total. The van der Waals surface area contributed by atoms with Gasteiger partial charge in [0, 0.05) is 39.9 Å². The van der Waals surface area contributed by atoms with Crippen LogP contribution in [0.1, 0.15) is 0 Å². The third-order valence-electron chi connectivity index (χ3n) is 6.96. The third-order valence-corrected chi connectivity index (χ3v) is 6.96. The number of fused-ring (bicyclic) bond motifs is 3. The quantitative estimate of drug-likeness (QED) is 0.254. The van der Waals surface area contributed by atoms with E-state index in [0.717, 1.165) is 60.9 Å². The van der Waals surface area contributed by atoms with Crippen LogP contribution in [0.5, 0.6) is 0 Å². The van der Waals surface area contributed by atoms with E-state index in [1.54, 1.807) is 0 Å². The Labute approximate surface area is 215 Å². The van der Waals surface area contributed by atoms with Gasteiger partial charge in [0.05, 0.1) is 0 Å². The van der Waals surface area contributed by atoms with Crippen molar-refractivity contribution in [2.75, 3.05) is 0 Å². The van der Waals surface area contributed by atoms with Crippen molar-refractivity contribution in [1.82, 2.24) is 4.98 Å². The average Bonchev–Trinajstić information content (AvgIpc) is 3.37. The third kappa shape index (κ3) is 3.80. The van der Waals surface area contributed by atoms with E-state index in [2.05, 4.69) is 120 Å². The first-order valence-corrected chi connectivity index (χ1v) is 12.5. The van der Waals surface area contributed by atoms with Crippen molar-refractivity contribution >= 4 is 21.9 Å². The molecule has 2 aromatic heterocycles. The molecular formula is C35H23NO. The smallest absolute Gasteiger partial charge is 0.143 e. The van der Waals surface area contributed by atoms with Crippen LogP contribution in [0.3, 0.4) is 0 Å². The second kappa shape index (κ2) is 8.92. The maximum atomic E-state index is 6.70. The van der Waals surface area contributed by atoms with Gasteiger partial charge < -0.3 is 4.42 Å². The van der Waals surface area contributed by atoms with Crippen LogP contribution >= 0.6 is 0 Å². The molecule has 0 spiro atoms. The molecule has 0 aliphatic heterocycles. The van der Waals surface area contributed by atoms with Crippen LogP contribution in [-0.4, -0.2) is 4.98 Å². The van der Waals surface area contributed by atoms with Crippen molar-refractivity contribution in [2.45, 2.75) is 0 Å². The van der Waals surface area contributed by atoms with Crippen LogP contribution in [0.15, 0.2) is 144 Å². The highest BCUT2D eigenvalue weighted by Crippen LogP contribution is 2.41. The summed E-state index contributed by atoms with van der Waals surface area (Å²) in [5, 5.41) is 2.25. The maximum Gasteiger partial charge on any atom is 0.143 e. The standard InChI is InChI=1S/C35H23NO/c1-3-10-24(11-4-1)27-20-28(26-14-9-19-36-23-26)22-29(21-27)31-16-8-18-33-32-17-7-15-30(34(32)37-35(31)33)25-12-5-2-6-13-25/h1-23H. The molecule has 7 aromatic rings. The molecule has 174 valence electrons. The van der Waals surface area contributed by atoms with Gasteiger partial charge in [-0.15, -0.1) is 0 Å². The average molecular weight is 474 g/mol. The summed E-state index contributed by atoms with van der Waals surface area (Å²) in [7, 11) is 0. The number of hydrogen-bond donors (Lipinski definition) is 0. The Bertz CT molecular complexity index is 1790. The van der Waals surface area contributed by atoms with Crippen molar-refractivity contribution in [2.24, 2.45) is 0 Å². The number of benzene rings is 5. The molecular weight excluding hydrogens is 450 g/mol. The Morgan fingerprint density at radius 2 is 0.946 bits per heavy atom. The highest BCUT2D eigenvalue weighted by atomic mass is 16.3. The van der Waals surface area contributed by atoms with E-state index in [-0.39, 0.29) is 0 Å². The fourth-order valence-electron chi connectivity index (χ4n) is 5.17. The summed E-state index contributed by atoms with van der Waals surface area (Å²) < 4.78 is 6.70. The summed E-state index contributed by atoms with van der Waals surface area (Å²) in [4.78, 5) is 4.36. The molecule has 0 saturated carbocycles. The highest BCUT2D eigenvalue weighted by Gasteiger charge is 2.16. The van der Waals surface area contributed by atoms with Gasteiger partial charge in [0.2, 0.25) is 0 Å². The second-order valence-corrected chi connectivity index (χ2v) is 9.24. The fourth-order valence-corrected chi connectivity index (χ4v) is 5.17. The zero-order chi connectivity index (χ0) is 24.6. The van der Waals surface area contributed by atoms with E-state index in [9.17, 15) is 0 Å². The van der Waals surface area contributed by atoms with Gasteiger partial charge in [-0.2, -0.15) is 0 Å². The van der Waals surface area contributed by atoms with Gasteiger partial charge in [-0.25, -0.2) is 0 Å². The summed E-state index contributed by atoms with van der Waals surface area (Å²) in [6.45, 7) is 0. The lowest BCUT2D eigenvalue weighted by molar-refractivity contribution is 0.671. The molecule has 0 fully saturated rings. The number of pyridine rings is 1. The molecule has 2 nitrogen and oxygen atoms in total. The molecule has 0 aliphatic rings. The summed E-state index contributed by atoms with van der Waals surface area (Å²) in [5.41, 5.74) is 10.8. The van der Waals surface area contributed by atoms with Crippen LogP contribution in [0.25, 0.3) is 66.4 Å². The van der Waals surface area contributed by atoms with Crippen molar-refractivity contribution in [3.8, 4) is 44.5 Å². The largest absolute Gasteiger partial charge is 0.455 e. The van der Waals surface area contributed by atoms with Gasteiger partial charge in [0.1, 0.15) is 11.2 Å². The molecule has 37 heavy (non-hydrogen) atoms. The summed E-state index contributed by atoms with van der Waals surface area (Å²) >= 11 is 0. The predicted octanol–water partition coefficient (Wildman–Crippen LogP) is 9.65. The first-order valence-electron chi connectivity index (χ1n) is 12.5. The van der Waals surface area contributed by atoms with Gasteiger partial charge in [0.25, 0.3) is 0 Å². The normalized spacial score (nSPS) is 11.2. The van der Waals surface area contributed by atoms with Crippen LogP contribution in [0.4, 0.5) is 0 Å². The molecule has 7 rings (SSSR count). The number of aromatic nitrogens is 1. The van der Waals surface area contributed by atoms with E-state index in [4.69, 9.17) is 4.42 Å². The number of para-hydroxylation sites is 2. The Kier molecular flexibility index (Phi) is 5.15. The molecule has 0 saturated heterocycles. The van der Waals surface area contributed by atoms with E-state index in [1.807, 2.05) is 24.5 Å². The molecule has 0 aliphatic carbocycles. The monoisotopic (exact) mass is 473 g/mol. The van der Waals surface area contributed by atoms with Crippen molar-refractivity contribution < 1.29 is 4.42 Å². The molecule has 0 radical (unpaired) electrons. The van der Waals surface area contributed by atoms with Gasteiger partial charge in [-0.1, -0.05) is 103 Å². The zero-order valence-corrected chi connectivity index (χ0v) is 20.1. The molecule has 0 unspecified atom stereocenters. The minimum Gasteiger partial charge on any atom is -0.455 e.